The maximum Gasteiger partial charge on any atom is 0.257 e. The van der Waals surface area contributed by atoms with E-state index in [0.717, 1.165) is 77.0 Å². The Bertz CT molecular complexity index is 1290. The molecule has 0 N–H and O–H groups in total. The molecule has 1 unspecified atom stereocenters. The second kappa shape index (κ2) is 9.12. The number of fused-ring (bicyclic) bond motifs is 4. The molecule has 6 heteroatoms. The number of ether oxygens (including phenoxy) is 3. The second-order valence-corrected chi connectivity index (χ2v) is 8.64. The van der Waals surface area contributed by atoms with Crippen LogP contribution in [0.15, 0.2) is 41.2 Å². The summed E-state index contributed by atoms with van der Waals surface area (Å²) in [5.41, 5.74) is 6.46. The fourth-order valence-electron chi connectivity index (χ4n) is 4.88. The molecule has 33 heavy (non-hydrogen) atoms. The van der Waals surface area contributed by atoms with Gasteiger partial charge in [0.15, 0.2) is 6.29 Å². The third-order valence-electron chi connectivity index (χ3n) is 6.70. The van der Waals surface area contributed by atoms with Crippen molar-refractivity contribution >= 4 is 16.5 Å². The van der Waals surface area contributed by atoms with Crippen LogP contribution < -0.4 is 10.3 Å². The zero-order valence-electron chi connectivity index (χ0n) is 19.5. The monoisotopic (exact) mass is 446 g/mol. The summed E-state index contributed by atoms with van der Waals surface area (Å²) in [7, 11) is 1.66. The Morgan fingerprint density at radius 2 is 2.15 bits per heavy atom. The molecule has 1 fully saturated rings. The molecule has 3 aromatic rings. The van der Waals surface area contributed by atoms with E-state index in [0.29, 0.717) is 12.1 Å². The van der Waals surface area contributed by atoms with Crippen molar-refractivity contribution in [2.45, 2.75) is 59.0 Å². The van der Waals surface area contributed by atoms with Crippen LogP contribution in [0.5, 0.6) is 5.75 Å². The lowest BCUT2D eigenvalue weighted by Crippen LogP contribution is -2.28. The maximum absolute atomic E-state index is 13.7. The molecule has 1 aromatic carbocycles. The summed E-state index contributed by atoms with van der Waals surface area (Å²) in [5, 5.41) is 1.01. The minimum atomic E-state index is -0.237. The highest BCUT2D eigenvalue weighted by molar-refractivity contribution is 5.85. The van der Waals surface area contributed by atoms with Gasteiger partial charge in [-0.05, 0) is 74.1 Å². The number of hydrogen-bond donors (Lipinski definition) is 0. The first-order valence-electron chi connectivity index (χ1n) is 11.8. The zero-order valence-corrected chi connectivity index (χ0v) is 19.5. The van der Waals surface area contributed by atoms with Gasteiger partial charge in [-0.2, -0.15) is 0 Å². The Labute approximate surface area is 193 Å². The van der Waals surface area contributed by atoms with Crippen molar-refractivity contribution in [3.05, 3.63) is 63.5 Å². The maximum atomic E-state index is 13.7. The van der Waals surface area contributed by atoms with Crippen LogP contribution in [-0.2, 0) is 22.6 Å². The van der Waals surface area contributed by atoms with Gasteiger partial charge in [0.05, 0.1) is 42.7 Å². The molecule has 2 aliphatic rings. The molecule has 6 nitrogen and oxygen atoms in total. The molecule has 1 atom stereocenters. The standard InChI is InChI=1S/C27H30N2O4/c1-4-17(5-2)21-14-24-26-19(12-18-13-20(31-3)9-10-23(18)28-26)15-29(24)27(30)22(21)16-33-25-8-6-7-11-32-25/h4,9-10,12-14,25H,5-8,11,15-16H2,1-3H3/b17-4-. The lowest BCUT2D eigenvalue weighted by Gasteiger charge is -2.23. The van der Waals surface area contributed by atoms with E-state index in [9.17, 15) is 4.79 Å². The summed E-state index contributed by atoms with van der Waals surface area (Å²) < 4.78 is 19.0. The van der Waals surface area contributed by atoms with Crippen molar-refractivity contribution in [2.24, 2.45) is 0 Å². The van der Waals surface area contributed by atoms with Gasteiger partial charge in [0, 0.05) is 17.6 Å². The molecule has 1 saturated heterocycles. The van der Waals surface area contributed by atoms with Crippen LogP contribution in [0.2, 0.25) is 0 Å². The number of aromatic nitrogens is 2. The Kier molecular flexibility index (Phi) is 6.04. The molecule has 172 valence electrons. The van der Waals surface area contributed by atoms with E-state index in [1.54, 1.807) is 7.11 Å². The molecule has 4 heterocycles. The molecule has 2 aromatic heterocycles. The minimum absolute atomic E-state index is 0.00857. The largest absolute Gasteiger partial charge is 0.497 e. The summed E-state index contributed by atoms with van der Waals surface area (Å²) in [6, 6.07) is 10.1. The first-order valence-corrected chi connectivity index (χ1v) is 11.8. The predicted molar refractivity (Wildman–Crippen MR) is 129 cm³/mol. The molecule has 2 aliphatic heterocycles. The van der Waals surface area contributed by atoms with Crippen LogP contribution >= 0.6 is 0 Å². The van der Waals surface area contributed by atoms with Crippen molar-refractivity contribution < 1.29 is 14.2 Å². The minimum Gasteiger partial charge on any atom is -0.497 e. The van der Waals surface area contributed by atoms with Crippen LogP contribution in [0.1, 0.15) is 56.2 Å². The van der Waals surface area contributed by atoms with E-state index in [-0.39, 0.29) is 18.5 Å². The molecular weight excluding hydrogens is 416 g/mol. The zero-order chi connectivity index (χ0) is 22.9. The van der Waals surface area contributed by atoms with Crippen molar-refractivity contribution in [3.63, 3.8) is 0 Å². The van der Waals surface area contributed by atoms with Gasteiger partial charge < -0.3 is 18.8 Å². The first-order chi connectivity index (χ1) is 16.1. The summed E-state index contributed by atoms with van der Waals surface area (Å²) in [4.78, 5) is 18.6. The number of pyridine rings is 2. The predicted octanol–water partition coefficient (Wildman–Crippen LogP) is 5.29. The number of benzene rings is 1. The summed E-state index contributed by atoms with van der Waals surface area (Å²) >= 11 is 0. The van der Waals surface area contributed by atoms with Gasteiger partial charge in [-0.1, -0.05) is 13.0 Å². The number of allylic oxidation sites excluding steroid dienone is 2. The third-order valence-corrected chi connectivity index (χ3v) is 6.70. The number of rotatable bonds is 6. The normalized spacial score (nSPS) is 17.8. The quantitative estimate of drug-likeness (QED) is 0.403. The Morgan fingerprint density at radius 3 is 2.88 bits per heavy atom. The van der Waals surface area contributed by atoms with Gasteiger partial charge in [0.2, 0.25) is 0 Å². The van der Waals surface area contributed by atoms with Crippen molar-refractivity contribution in [1.29, 1.82) is 0 Å². The number of nitrogens with zero attached hydrogens (tertiary/aromatic N) is 2. The van der Waals surface area contributed by atoms with Gasteiger partial charge in [0.1, 0.15) is 5.75 Å². The molecule has 0 aliphatic carbocycles. The highest BCUT2D eigenvalue weighted by Gasteiger charge is 2.26. The Balaban J connectivity index is 1.59. The lowest BCUT2D eigenvalue weighted by molar-refractivity contribution is -0.169. The Morgan fingerprint density at radius 1 is 1.27 bits per heavy atom. The average molecular weight is 447 g/mol. The van der Waals surface area contributed by atoms with Crippen molar-refractivity contribution in [2.75, 3.05) is 13.7 Å². The summed E-state index contributed by atoms with van der Waals surface area (Å²) in [5.74, 6) is 0.796. The van der Waals surface area contributed by atoms with Crippen LogP contribution in [0.3, 0.4) is 0 Å². The fraction of sp³-hybridized carbons (Fsp3) is 0.407. The van der Waals surface area contributed by atoms with E-state index in [1.165, 1.54) is 0 Å². The van der Waals surface area contributed by atoms with Gasteiger partial charge in [-0.3, -0.25) is 4.79 Å². The van der Waals surface area contributed by atoms with Crippen molar-refractivity contribution in [3.8, 4) is 17.1 Å². The first kappa shape index (κ1) is 21.9. The topological polar surface area (TPSA) is 62.6 Å². The van der Waals surface area contributed by atoms with Crippen LogP contribution in [-0.4, -0.2) is 29.6 Å². The average Bonchev–Trinajstić information content (AvgIpc) is 3.21. The van der Waals surface area contributed by atoms with Crippen molar-refractivity contribution in [1.82, 2.24) is 9.55 Å². The van der Waals surface area contributed by atoms with Gasteiger partial charge in [-0.25, -0.2) is 4.98 Å². The van der Waals surface area contributed by atoms with Crippen LogP contribution in [0, 0.1) is 0 Å². The van der Waals surface area contributed by atoms with Crippen LogP contribution in [0.4, 0.5) is 0 Å². The second-order valence-electron chi connectivity index (χ2n) is 8.64. The molecule has 0 amide bonds. The van der Waals surface area contributed by atoms with E-state index >= 15 is 0 Å². The molecule has 0 spiro atoms. The lowest BCUT2D eigenvalue weighted by atomic mass is 9.97. The number of hydrogen-bond acceptors (Lipinski definition) is 5. The summed E-state index contributed by atoms with van der Waals surface area (Å²) in [6.45, 7) is 5.61. The van der Waals surface area contributed by atoms with Crippen LogP contribution in [0.25, 0.3) is 27.9 Å². The van der Waals surface area contributed by atoms with E-state index in [2.05, 4.69) is 25.1 Å². The highest BCUT2D eigenvalue weighted by Crippen LogP contribution is 2.35. The molecule has 0 bridgehead atoms. The fourth-order valence-corrected chi connectivity index (χ4v) is 4.88. The van der Waals surface area contributed by atoms with Gasteiger partial charge in [0.25, 0.3) is 5.56 Å². The van der Waals surface area contributed by atoms with Gasteiger partial charge in [-0.15, -0.1) is 0 Å². The highest BCUT2D eigenvalue weighted by atomic mass is 16.7. The third kappa shape index (κ3) is 3.98. The number of methoxy groups -OCH3 is 1. The summed E-state index contributed by atoms with van der Waals surface area (Å²) in [6.07, 6.45) is 5.72. The molecule has 5 rings (SSSR count). The SMILES string of the molecule is C/C=C(/CC)c1cc2n(c(=O)c1COC1CCCCO1)Cc1cc3cc(OC)ccc3nc1-2. The van der Waals surface area contributed by atoms with Gasteiger partial charge >= 0.3 is 0 Å². The molecule has 0 radical (unpaired) electrons. The smallest absolute Gasteiger partial charge is 0.257 e. The van der Waals surface area contributed by atoms with E-state index < -0.39 is 0 Å². The molecular formula is C27H30N2O4. The van der Waals surface area contributed by atoms with E-state index in [4.69, 9.17) is 19.2 Å². The molecule has 0 saturated carbocycles. The van der Waals surface area contributed by atoms with E-state index in [1.807, 2.05) is 29.7 Å². The Hall–Kier alpha value is -2.96.